The van der Waals surface area contributed by atoms with Gasteiger partial charge in [0.1, 0.15) is 4.88 Å². The summed E-state index contributed by atoms with van der Waals surface area (Å²) in [7, 11) is 2.10. The third-order valence-electron chi connectivity index (χ3n) is 3.04. The van der Waals surface area contributed by atoms with Crippen LogP contribution in [0.4, 0.5) is 0 Å². The Morgan fingerprint density at radius 3 is 2.58 bits per heavy atom. The van der Waals surface area contributed by atoms with Gasteiger partial charge in [0.25, 0.3) is 0 Å². The highest BCUT2D eigenvalue weighted by Gasteiger charge is 2.19. The Balaban J connectivity index is 2.64. The molecule has 0 saturated carbocycles. The largest absolute Gasteiger partial charge is 0.477 e. The molecule has 0 amide bonds. The molecular formula is C14H24N2O2S. The fraction of sp³-hybridized carbons (Fsp3) is 0.714. The molecule has 1 N–H and O–H groups in total. The molecule has 0 aliphatic heterocycles. The molecule has 5 heteroatoms. The van der Waals surface area contributed by atoms with Crippen molar-refractivity contribution in [2.75, 3.05) is 20.1 Å². The molecule has 1 rings (SSSR count). The number of hydrogen-bond acceptors (Lipinski definition) is 4. The maximum absolute atomic E-state index is 11.2. The standard InChI is InChI=1S/C14H24N2O2S/c1-5-6-8-16(4)9-7-11-15-12(10(2)3)13(19-11)14(17)18/h10H,5-9H2,1-4H3,(H,17,18). The van der Waals surface area contributed by atoms with E-state index in [9.17, 15) is 9.90 Å². The molecule has 0 atom stereocenters. The normalized spacial score (nSPS) is 11.5. The zero-order valence-electron chi connectivity index (χ0n) is 12.3. The minimum Gasteiger partial charge on any atom is -0.477 e. The number of carboxylic acid groups (broad SMARTS) is 1. The molecule has 1 heterocycles. The summed E-state index contributed by atoms with van der Waals surface area (Å²) in [6, 6.07) is 0. The van der Waals surface area contributed by atoms with Gasteiger partial charge in [0.05, 0.1) is 10.7 Å². The van der Waals surface area contributed by atoms with E-state index in [2.05, 4.69) is 23.9 Å². The molecule has 19 heavy (non-hydrogen) atoms. The van der Waals surface area contributed by atoms with Crippen molar-refractivity contribution in [2.45, 2.75) is 46.0 Å². The molecule has 4 nitrogen and oxygen atoms in total. The van der Waals surface area contributed by atoms with Crippen LogP contribution >= 0.6 is 11.3 Å². The SMILES string of the molecule is CCCCN(C)CCc1nc(C(C)C)c(C(=O)O)s1. The first kappa shape index (κ1) is 16.1. The smallest absolute Gasteiger partial charge is 0.347 e. The number of nitrogens with zero attached hydrogens (tertiary/aromatic N) is 2. The zero-order valence-corrected chi connectivity index (χ0v) is 13.1. The van der Waals surface area contributed by atoms with Crippen LogP contribution in [0.1, 0.15) is 59.9 Å². The lowest BCUT2D eigenvalue weighted by molar-refractivity contribution is 0.0700. The Bertz CT molecular complexity index is 416. The lowest BCUT2D eigenvalue weighted by Crippen LogP contribution is -2.22. The molecule has 0 bridgehead atoms. The van der Waals surface area contributed by atoms with Crippen LogP contribution < -0.4 is 0 Å². The predicted octanol–water partition coefficient (Wildman–Crippen LogP) is 3.24. The van der Waals surface area contributed by atoms with E-state index in [0.29, 0.717) is 4.88 Å². The molecule has 0 aliphatic carbocycles. The number of rotatable bonds is 8. The number of aromatic carboxylic acids is 1. The van der Waals surface area contributed by atoms with E-state index in [-0.39, 0.29) is 5.92 Å². The highest BCUT2D eigenvalue weighted by atomic mass is 32.1. The summed E-state index contributed by atoms with van der Waals surface area (Å²) in [5.74, 6) is -0.694. The van der Waals surface area contributed by atoms with Crippen LogP contribution in [0, 0.1) is 0 Å². The summed E-state index contributed by atoms with van der Waals surface area (Å²) in [6.45, 7) is 8.18. The topological polar surface area (TPSA) is 53.4 Å². The Hall–Kier alpha value is -0.940. The predicted molar refractivity (Wildman–Crippen MR) is 79.3 cm³/mol. The Morgan fingerprint density at radius 1 is 1.42 bits per heavy atom. The minimum absolute atomic E-state index is 0.161. The summed E-state index contributed by atoms with van der Waals surface area (Å²) >= 11 is 1.32. The van der Waals surface area contributed by atoms with Crippen LogP contribution in [0.3, 0.4) is 0 Å². The van der Waals surface area contributed by atoms with Crippen molar-refractivity contribution in [3.05, 3.63) is 15.6 Å². The highest BCUT2D eigenvalue weighted by Crippen LogP contribution is 2.25. The molecule has 0 spiro atoms. The summed E-state index contributed by atoms with van der Waals surface area (Å²) in [5.41, 5.74) is 0.726. The van der Waals surface area contributed by atoms with Gasteiger partial charge in [0, 0.05) is 13.0 Å². The van der Waals surface area contributed by atoms with Crippen LogP contribution in [0.2, 0.25) is 0 Å². The van der Waals surface area contributed by atoms with E-state index < -0.39 is 5.97 Å². The maximum Gasteiger partial charge on any atom is 0.347 e. The first-order chi connectivity index (χ1) is 8.95. The van der Waals surface area contributed by atoms with Crippen molar-refractivity contribution >= 4 is 17.3 Å². The van der Waals surface area contributed by atoms with E-state index in [1.165, 1.54) is 24.2 Å². The van der Waals surface area contributed by atoms with Crippen LogP contribution in [-0.2, 0) is 6.42 Å². The van der Waals surface area contributed by atoms with Crippen molar-refractivity contribution in [3.8, 4) is 0 Å². The number of hydrogen-bond donors (Lipinski definition) is 1. The van der Waals surface area contributed by atoms with Gasteiger partial charge in [-0.05, 0) is 25.9 Å². The molecular weight excluding hydrogens is 260 g/mol. The molecule has 0 saturated heterocycles. The monoisotopic (exact) mass is 284 g/mol. The molecule has 1 aromatic rings. The zero-order chi connectivity index (χ0) is 14.4. The van der Waals surface area contributed by atoms with Gasteiger partial charge in [0.2, 0.25) is 0 Å². The van der Waals surface area contributed by atoms with Gasteiger partial charge in [-0.1, -0.05) is 27.2 Å². The molecule has 0 radical (unpaired) electrons. The van der Waals surface area contributed by atoms with Crippen LogP contribution in [0.15, 0.2) is 0 Å². The lowest BCUT2D eigenvalue weighted by atomic mass is 10.1. The number of thiazole rings is 1. The van der Waals surface area contributed by atoms with Gasteiger partial charge in [-0.2, -0.15) is 0 Å². The minimum atomic E-state index is -0.855. The third-order valence-corrected chi connectivity index (χ3v) is 4.16. The summed E-state index contributed by atoms with van der Waals surface area (Å²) in [4.78, 5) is 18.4. The third kappa shape index (κ3) is 4.91. The van der Waals surface area contributed by atoms with Gasteiger partial charge in [-0.15, -0.1) is 11.3 Å². The maximum atomic E-state index is 11.2. The fourth-order valence-corrected chi connectivity index (χ4v) is 2.90. The van der Waals surface area contributed by atoms with Crippen LogP contribution in [-0.4, -0.2) is 41.1 Å². The molecule has 0 aliphatic rings. The lowest BCUT2D eigenvalue weighted by Gasteiger charge is -2.14. The average Bonchev–Trinajstić information content (AvgIpc) is 2.78. The second-order valence-electron chi connectivity index (χ2n) is 5.19. The van der Waals surface area contributed by atoms with Gasteiger partial charge >= 0.3 is 5.97 Å². The first-order valence-corrected chi connectivity index (χ1v) is 7.68. The van der Waals surface area contributed by atoms with E-state index >= 15 is 0 Å². The number of carbonyl (C=O) groups is 1. The van der Waals surface area contributed by atoms with Crippen molar-refractivity contribution in [3.63, 3.8) is 0 Å². The van der Waals surface area contributed by atoms with E-state index in [1.807, 2.05) is 13.8 Å². The van der Waals surface area contributed by atoms with Crippen molar-refractivity contribution in [2.24, 2.45) is 0 Å². The molecule has 0 fully saturated rings. The molecule has 108 valence electrons. The number of aromatic nitrogens is 1. The van der Waals surface area contributed by atoms with Gasteiger partial charge in [-0.25, -0.2) is 9.78 Å². The number of unbranched alkanes of at least 4 members (excludes halogenated alkanes) is 1. The van der Waals surface area contributed by atoms with Gasteiger partial charge in [0.15, 0.2) is 0 Å². The average molecular weight is 284 g/mol. The Morgan fingerprint density at radius 2 is 2.11 bits per heavy atom. The second-order valence-corrected chi connectivity index (χ2v) is 6.27. The Kier molecular flexibility index (Phi) is 6.45. The van der Waals surface area contributed by atoms with Crippen LogP contribution in [0.25, 0.3) is 0 Å². The highest BCUT2D eigenvalue weighted by molar-refractivity contribution is 7.13. The number of likely N-dealkylation sites (N-methyl/N-ethyl adjacent to an activating group) is 1. The van der Waals surface area contributed by atoms with E-state index in [1.54, 1.807) is 0 Å². The molecule has 0 aromatic carbocycles. The second kappa shape index (κ2) is 7.60. The van der Waals surface area contributed by atoms with E-state index in [0.717, 1.165) is 30.2 Å². The van der Waals surface area contributed by atoms with E-state index in [4.69, 9.17) is 0 Å². The fourth-order valence-electron chi connectivity index (χ4n) is 1.86. The van der Waals surface area contributed by atoms with Gasteiger partial charge in [-0.3, -0.25) is 0 Å². The number of carboxylic acids is 1. The Labute approximate surface area is 119 Å². The quantitative estimate of drug-likeness (QED) is 0.796. The van der Waals surface area contributed by atoms with Crippen molar-refractivity contribution in [1.82, 2.24) is 9.88 Å². The molecule has 1 aromatic heterocycles. The summed E-state index contributed by atoms with van der Waals surface area (Å²) in [5, 5.41) is 10.1. The first-order valence-electron chi connectivity index (χ1n) is 6.87. The van der Waals surface area contributed by atoms with Crippen molar-refractivity contribution in [1.29, 1.82) is 0 Å². The summed E-state index contributed by atoms with van der Waals surface area (Å²) < 4.78 is 0. The van der Waals surface area contributed by atoms with Crippen LogP contribution in [0.5, 0.6) is 0 Å². The van der Waals surface area contributed by atoms with Gasteiger partial charge < -0.3 is 10.0 Å². The summed E-state index contributed by atoms with van der Waals surface area (Å²) in [6.07, 6.45) is 3.23. The molecule has 0 unspecified atom stereocenters. The van der Waals surface area contributed by atoms with Crippen molar-refractivity contribution < 1.29 is 9.90 Å².